The predicted octanol–water partition coefficient (Wildman–Crippen LogP) is 1.19. The molecule has 19 heavy (non-hydrogen) atoms. The second-order valence-corrected chi connectivity index (χ2v) is 4.97. The van der Waals surface area contributed by atoms with Gasteiger partial charge in [0.1, 0.15) is 0 Å². The molecule has 2 atom stereocenters. The highest BCUT2D eigenvalue weighted by molar-refractivity contribution is 5.81. The molecule has 112 valence electrons. The largest absolute Gasteiger partial charge is 0.356 e. The number of amides is 2. The summed E-state index contributed by atoms with van der Waals surface area (Å²) in [5.74, 6) is 0.0243. The Labute approximate surface area is 116 Å². The van der Waals surface area contributed by atoms with Crippen molar-refractivity contribution in [2.24, 2.45) is 0 Å². The van der Waals surface area contributed by atoms with E-state index in [1.165, 1.54) is 0 Å². The van der Waals surface area contributed by atoms with Crippen LogP contribution in [0.15, 0.2) is 0 Å². The number of hydrogen-bond acceptors (Lipinski definition) is 3. The summed E-state index contributed by atoms with van der Waals surface area (Å²) in [5, 5.41) is 8.82. The van der Waals surface area contributed by atoms with Gasteiger partial charge in [-0.25, -0.2) is 0 Å². The van der Waals surface area contributed by atoms with Crippen molar-refractivity contribution in [1.82, 2.24) is 16.0 Å². The van der Waals surface area contributed by atoms with Gasteiger partial charge in [-0.1, -0.05) is 20.3 Å². The lowest BCUT2D eigenvalue weighted by Gasteiger charge is -2.18. The van der Waals surface area contributed by atoms with Crippen LogP contribution in [0.4, 0.5) is 0 Å². The van der Waals surface area contributed by atoms with Gasteiger partial charge in [0.25, 0.3) is 0 Å². The van der Waals surface area contributed by atoms with Crippen LogP contribution in [-0.2, 0) is 9.59 Å². The molecular weight excluding hydrogens is 242 g/mol. The molecule has 0 aliphatic rings. The molecule has 3 N–H and O–H groups in total. The van der Waals surface area contributed by atoms with Crippen LogP contribution in [0.5, 0.6) is 0 Å². The molecule has 0 radical (unpaired) electrons. The zero-order valence-electron chi connectivity index (χ0n) is 12.7. The van der Waals surface area contributed by atoms with Crippen molar-refractivity contribution < 1.29 is 9.59 Å². The molecule has 5 nitrogen and oxygen atoms in total. The van der Waals surface area contributed by atoms with Crippen molar-refractivity contribution in [1.29, 1.82) is 0 Å². The van der Waals surface area contributed by atoms with Crippen LogP contribution in [0.25, 0.3) is 0 Å². The zero-order chi connectivity index (χ0) is 14.7. The minimum absolute atomic E-state index is 0.00471. The normalized spacial score (nSPS) is 13.7. The lowest BCUT2D eigenvalue weighted by Crippen LogP contribution is -2.46. The Morgan fingerprint density at radius 2 is 1.74 bits per heavy atom. The first-order valence-corrected chi connectivity index (χ1v) is 7.31. The number of carbonyl (C=O) groups excluding carboxylic acids is 2. The molecule has 5 heteroatoms. The SMILES string of the molecule is CCCNC(=O)CCNC(C)C(=O)NC(C)CCC. The fraction of sp³-hybridized carbons (Fsp3) is 0.857. The van der Waals surface area contributed by atoms with Crippen LogP contribution < -0.4 is 16.0 Å². The lowest BCUT2D eigenvalue weighted by molar-refractivity contribution is -0.124. The minimum Gasteiger partial charge on any atom is -0.356 e. The minimum atomic E-state index is -0.265. The van der Waals surface area contributed by atoms with E-state index in [-0.39, 0.29) is 23.9 Å². The van der Waals surface area contributed by atoms with Gasteiger partial charge >= 0.3 is 0 Å². The van der Waals surface area contributed by atoms with Crippen molar-refractivity contribution in [2.45, 2.75) is 65.5 Å². The molecule has 2 amide bonds. The van der Waals surface area contributed by atoms with Crippen molar-refractivity contribution >= 4 is 11.8 Å². The quantitative estimate of drug-likeness (QED) is 0.559. The van der Waals surface area contributed by atoms with E-state index in [4.69, 9.17) is 0 Å². The van der Waals surface area contributed by atoms with Gasteiger partial charge in [0.2, 0.25) is 11.8 Å². The third kappa shape index (κ3) is 9.47. The lowest BCUT2D eigenvalue weighted by atomic mass is 10.2. The fourth-order valence-corrected chi connectivity index (χ4v) is 1.72. The van der Waals surface area contributed by atoms with E-state index in [9.17, 15) is 9.59 Å². The molecule has 0 heterocycles. The first kappa shape index (κ1) is 17.9. The van der Waals surface area contributed by atoms with E-state index in [2.05, 4.69) is 22.9 Å². The Kier molecular flexibility index (Phi) is 10.2. The van der Waals surface area contributed by atoms with Crippen molar-refractivity contribution in [2.75, 3.05) is 13.1 Å². The van der Waals surface area contributed by atoms with Crippen LogP contribution in [0.1, 0.15) is 53.4 Å². The number of rotatable bonds is 10. The molecule has 0 aliphatic carbocycles. The van der Waals surface area contributed by atoms with Gasteiger partial charge in [0.15, 0.2) is 0 Å². The second-order valence-electron chi connectivity index (χ2n) is 4.97. The molecule has 0 saturated heterocycles. The Balaban J connectivity index is 3.75. The van der Waals surface area contributed by atoms with Gasteiger partial charge in [-0.3, -0.25) is 9.59 Å². The maximum absolute atomic E-state index is 11.8. The smallest absolute Gasteiger partial charge is 0.237 e. The molecule has 0 bridgehead atoms. The Morgan fingerprint density at radius 3 is 2.32 bits per heavy atom. The van der Waals surface area contributed by atoms with Crippen molar-refractivity contribution in [3.05, 3.63) is 0 Å². The Bertz CT molecular complexity index is 269. The van der Waals surface area contributed by atoms with E-state index in [0.717, 1.165) is 19.3 Å². The maximum Gasteiger partial charge on any atom is 0.237 e. The summed E-state index contributed by atoms with van der Waals surface area (Å²) in [7, 11) is 0. The van der Waals surface area contributed by atoms with Crippen LogP contribution in [0.2, 0.25) is 0 Å². The van der Waals surface area contributed by atoms with E-state index in [0.29, 0.717) is 19.5 Å². The summed E-state index contributed by atoms with van der Waals surface area (Å²) < 4.78 is 0. The van der Waals surface area contributed by atoms with E-state index < -0.39 is 0 Å². The summed E-state index contributed by atoms with van der Waals surface area (Å²) in [4.78, 5) is 23.2. The summed E-state index contributed by atoms with van der Waals surface area (Å²) in [6, 6.07) is -0.0621. The molecule has 0 aromatic heterocycles. The highest BCUT2D eigenvalue weighted by atomic mass is 16.2. The van der Waals surface area contributed by atoms with Crippen LogP contribution in [0.3, 0.4) is 0 Å². The first-order valence-electron chi connectivity index (χ1n) is 7.31. The first-order chi connectivity index (χ1) is 9.01. The third-order valence-electron chi connectivity index (χ3n) is 2.88. The van der Waals surface area contributed by atoms with Gasteiger partial charge in [-0.05, 0) is 26.7 Å². The van der Waals surface area contributed by atoms with Gasteiger partial charge in [0, 0.05) is 25.6 Å². The molecular formula is C14H29N3O2. The number of nitrogens with one attached hydrogen (secondary N) is 3. The molecule has 0 saturated carbocycles. The predicted molar refractivity (Wildman–Crippen MR) is 77.9 cm³/mol. The number of hydrogen-bond donors (Lipinski definition) is 3. The maximum atomic E-state index is 11.8. The van der Waals surface area contributed by atoms with Gasteiger partial charge in [-0.15, -0.1) is 0 Å². The molecule has 0 aromatic rings. The Hall–Kier alpha value is -1.10. The average Bonchev–Trinajstić information content (AvgIpc) is 2.36. The third-order valence-corrected chi connectivity index (χ3v) is 2.88. The topological polar surface area (TPSA) is 70.2 Å². The summed E-state index contributed by atoms with van der Waals surface area (Å²) in [5.41, 5.74) is 0. The summed E-state index contributed by atoms with van der Waals surface area (Å²) in [6.45, 7) is 9.17. The molecule has 0 aliphatic heterocycles. The highest BCUT2D eigenvalue weighted by Crippen LogP contribution is 1.95. The van der Waals surface area contributed by atoms with Gasteiger partial charge in [-0.2, -0.15) is 0 Å². The van der Waals surface area contributed by atoms with Crippen molar-refractivity contribution in [3.63, 3.8) is 0 Å². The average molecular weight is 271 g/mol. The van der Waals surface area contributed by atoms with Gasteiger partial charge < -0.3 is 16.0 Å². The molecule has 0 spiro atoms. The van der Waals surface area contributed by atoms with Crippen LogP contribution >= 0.6 is 0 Å². The summed E-state index contributed by atoms with van der Waals surface area (Å²) in [6.07, 6.45) is 3.38. The monoisotopic (exact) mass is 271 g/mol. The van der Waals surface area contributed by atoms with Crippen LogP contribution in [0, 0.1) is 0 Å². The second kappa shape index (κ2) is 10.8. The molecule has 0 rings (SSSR count). The number of carbonyl (C=O) groups is 2. The standard InChI is InChI=1S/C14H29N3O2/c1-5-7-11(3)17-14(19)12(4)15-10-8-13(18)16-9-6-2/h11-12,15H,5-10H2,1-4H3,(H,16,18)(H,17,19). The molecule has 2 unspecified atom stereocenters. The van der Waals surface area contributed by atoms with Crippen molar-refractivity contribution in [3.8, 4) is 0 Å². The summed E-state index contributed by atoms with van der Waals surface area (Å²) >= 11 is 0. The van der Waals surface area contributed by atoms with E-state index >= 15 is 0 Å². The molecule has 0 fully saturated rings. The van der Waals surface area contributed by atoms with E-state index in [1.54, 1.807) is 0 Å². The molecule has 0 aromatic carbocycles. The fourth-order valence-electron chi connectivity index (χ4n) is 1.72. The van der Waals surface area contributed by atoms with E-state index in [1.807, 2.05) is 20.8 Å². The Morgan fingerprint density at radius 1 is 1.05 bits per heavy atom. The van der Waals surface area contributed by atoms with Gasteiger partial charge in [0.05, 0.1) is 6.04 Å². The zero-order valence-corrected chi connectivity index (χ0v) is 12.7. The highest BCUT2D eigenvalue weighted by Gasteiger charge is 2.14. The van der Waals surface area contributed by atoms with Crippen LogP contribution in [-0.4, -0.2) is 37.0 Å².